The molecule has 17 heavy (non-hydrogen) atoms. The van der Waals surface area contributed by atoms with Gasteiger partial charge in [-0.2, -0.15) is 0 Å². The molecular weight excluding hydrogens is 216 g/mol. The lowest BCUT2D eigenvalue weighted by atomic mass is 10.1. The lowest BCUT2D eigenvalue weighted by molar-refractivity contribution is -0.115. The first-order valence-corrected chi connectivity index (χ1v) is 6.06. The van der Waals surface area contributed by atoms with Crippen LogP contribution in [0.3, 0.4) is 0 Å². The molecule has 0 spiro atoms. The van der Waals surface area contributed by atoms with E-state index in [4.69, 9.17) is 4.74 Å². The van der Waals surface area contributed by atoms with Crippen molar-refractivity contribution < 1.29 is 9.53 Å². The molecule has 1 amide bonds. The lowest BCUT2D eigenvalue weighted by Gasteiger charge is -2.07. The van der Waals surface area contributed by atoms with Crippen molar-refractivity contribution in [2.24, 2.45) is 0 Å². The van der Waals surface area contributed by atoms with Crippen molar-refractivity contribution in [1.29, 1.82) is 0 Å². The van der Waals surface area contributed by atoms with E-state index in [-0.39, 0.29) is 5.91 Å². The second-order valence-electron chi connectivity index (χ2n) is 4.15. The molecule has 0 aliphatic carbocycles. The number of nitrogens with one attached hydrogen (secondary N) is 2. The molecule has 1 aliphatic heterocycles. The van der Waals surface area contributed by atoms with Gasteiger partial charge in [-0.3, -0.25) is 4.79 Å². The van der Waals surface area contributed by atoms with E-state index in [1.165, 1.54) is 5.56 Å². The van der Waals surface area contributed by atoms with Crippen LogP contribution in [0, 0.1) is 0 Å². The van der Waals surface area contributed by atoms with Gasteiger partial charge in [-0.25, -0.2) is 0 Å². The summed E-state index contributed by atoms with van der Waals surface area (Å²) in [5.41, 5.74) is 2.02. The van der Waals surface area contributed by atoms with Crippen molar-refractivity contribution in [3.8, 4) is 5.75 Å². The van der Waals surface area contributed by atoms with Crippen LogP contribution >= 0.6 is 0 Å². The maximum absolute atomic E-state index is 11.6. The van der Waals surface area contributed by atoms with E-state index in [9.17, 15) is 4.79 Å². The standard InChI is InChI=1S/C13H18N2O2/c1-2-6-14-9-13(16)15-11-3-4-12-10(8-11)5-7-17-12/h3-4,8,14H,2,5-7,9H2,1H3,(H,15,16). The molecule has 0 bridgehead atoms. The zero-order valence-electron chi connectivity index (χ0n) is 10.1. The number of fused-ring (bicyclic) bond motifs is 1. The smallest absolute Gasteiger partial charge is 0.238 e. The number of ether oxygens (including phenoxy) is 1. The van der Waals surface area contributed by atoms with Gasteiger partial charge < -0.3 is 15.4 Å². The highest BCUT2D eigenvalue weighted by Gasteiger charge is 2.12. The van der Waals surface area contributed by atoms with Gasteiger partial charge in [0.15, 0.2) is 0 Å². The predicted molar refractivity (Wildman–Crippen MR) is 67.4 cm³/mol. The molecule has 1 aromatic rings. The van der Waals surface area contributed by atoms with Crippen LogP contribution in [-0.4, -0.2) is 25.6 Å². The quantitative estimate of drug-likeness (QED) is 0.760. The van der Waals surface area contributed by atoms with Crippen molar-refractivity contribution in [2.45, 2.75) is 19.8 Å². The van der Waals surface area contributed by atoms with Crippen LogP contribution in [0.5, 0.6) is 5.75 Å². The summed E-state index contributed by atoms with van der Waals surface area (Å²) in [6, 6.07) is 5.78. The average molecular weight is 234 g/mol. The predicted octanol–water partition coefficient (Wildman–Crippen LogP) is 1.56. The third-order valence-corrected chi connectivity index (χ3v) is 2.69. The summed E-state index contributed by atoms with van der Waals surface area (Å²) in [7, 11) is 0. The lowest BCUT2D eigenvalue weighted by Crippen LogP contribution is -2.28. The van der Waals surface area contributed by atoms with Crippen LogP contribution in [0.4, 0.5) is 5.69 Å². The third-order valence-electron chi connectivity index (χ3n) is 2.69. The van der Waals surface area contributed by atoms with Crippen molar-refractivity contribution in [1.82, 2.24) is 5.32 Å². The molecule has 4 nitrogen and oxygen atoms in total. The van der Waals surface area contributed by atoms with Crippen molar-refractivity contribution in [3.63, 3.8) is 0 Å². The van der Waals surface area contributed by atoms with E-state index in [1.807, 2.05) is 18.2 Å². The number of amides is 1. The Balaban J connectivity index is 1.88. The molecule has 0 radical (unpaired) electrons. The zero-order valence-corrected chi connectivity index (χ0v) is 10.1. The van der Waals surface area contributed by atoms with Gasteiger partial charge in [0.1, 0.15) is 5.75 Å². The Morgan fingerprint density at radius 2 is 2.35 bits per heavy atom. The summed E-state index contributed by atoms with van der Waals surface area (Å²) in [6.45, 7) is 4.04. The summed E-state index contributed by atoms with van der Waals surface area (Å²) in [5, 5.41) is 5.94. The zero-order chi connectivity index (χ0) is 12.1. The Hall–Kier alpha value is -1.55. The molecule has 2 N–H and O–H groups in total. The number of anilines is 1. The number of hydrogen-bond donors (Lipinski definition) is 2. The second kappa shape index (κ2) is 5.68. The summed E-state index contributed by atoms with van der Waals surface area (Å²) in [6.07, 6.45) is 1.95. The molecule has 2 rings (SSSR count). The average Bonchev–Trinajstić information content (AvgIpc) is 2.76. The van der Waals surface area contributed by atoms with Crippen molar-refractivity contribution >= 4 is 11.6 Å². The number of hydrogen-bond acceptors (Lipinski definition) is 3. The van der Waals surface area contributed by atoms with Gasteiger partial charge in [0, 0.05) is 12.1 Å². The van der Waals surface area contributed by atoms with Crippen LogP contribution in [0.2, 0.25) is 0 Å². The molecule has 1 heterocycles. The van der Waals surface area contributed by atoms with Gasteiger partial charge in [-0.1, -0.05) is 6.92 Å². The number of rotatable bonds is 5. The fraction of sp³-hybridized carbons (Fsp3) is 0.462. The largest absolute Gasteiger partial charge is 0.493 e. The first-order chi connectivity index (χ1) is 8.29. The van der Waals surface area contributed by atoms with Gasteiger partial charge in [0.2, 0.25) is 5.91 Å². The SMILES string of the molecule is CCCNCC(=O)Nc1ccc2c(c1)CCO2. The highest BCUT2D eigenvalue weighted by atomic mass is 16.5. The second-order valence-corrected chi connectivity index (χ2v) is 4.15. The van der Waals surface area contributed by atoms with Crippen LogP contribution in [-0.2, 0) is 11.2 Å². The maximum Gasteiger partial charge on any atom is 0.238 e. The van der Waals surface area contributed by atoms with E-state index < -0.39 is 0 Å². The first-order valence-electron chi connectivity index (χ1n) is 6.06. The van der Waals surface area contributed by atoms with Gasteiger partial charge in [-0.05, 0) is 36.7 Å². The Bertz CT molecular complexity index is 404. The Morgan fingerprint density at radius 1 is 1.47 bits per heavy atom. The highest BCUT2D eigenvalue weighted by Crippen LogP contribution is 2.27. The molecule has 4 heteroatoms. The third kappa shape index (κ3) is 3.20. The Kier molecular flexibility index (Phi) is 3.98. The van der Waals surface area contributed by atoms with Crippen LogP contribution in [0.15, 0.2) is 18.2 Å². The van der Waals surface area contributed by atoms with Crippen LogP contribution in [0.25, 0.3) is 0 Å². The van der Waals surface area contributed by atoms with E-state index in [0.717, 1.165) is 37.4 Å². The summed E-state index contributed by atoms with van der Waals surface area (Å²) in [4.78, 5) is 11.6. The van der Waals surface area contributed by atoms with Gasteiger partial charge in [0.25, 0.3) is 0 Å². The van der Waals surface area contributed by atoms with Crippen LogP contribution in [0.1, 0.15) is 18.9 Å². The molecule has 92 valence electrons. The minimum atomic E-state index is -0.00249. The van der Waals surface area contributed by atoms with Crippen molar-refractivity contribution in [3.05, 3.63) is 23.8 Å². The number of benzene rings is 1. The molecule has 0 unspecified atom stereocenters. The first kappa shape index (κ1) is 11.9. The van der Waals surface area contributed by atoms with Gasteiger partial charge in [-0.15, -0.1) is 0 Å². The molecule has 1 aromatic carbocycles. The van der Waals surface area contributed by atoms with E-state index >= 15 is 0 Å². The Morgan fingerprint density at radius 3 is 3.18 bits per heavy atom. The summed E-state index contributed by atoms with van der Waals surface area (Å²) >= 11 is 0. The molecule has 0 aromatic heterocycles. The molecule has 1 aliphatic rings. The fourth-order valence-corrected chi connectivity index (χ4v) is 1.85. The van der Waals surface area contributed by atoms with E-state index in [1.54, 1.807) is 0 Å². The molecule has 0 fully saturated rings. The van der Waals surface area contributed by atoms with E-state index in [0.29, 0.717) is 6.54 Å². The fourth-order valence-electron chi connectivity index (χ4n) is 1.85. The Labute approximate surface area is 101 Å². The minimum absolute atomic E-state index is 0.00249. The normalized spacial score (nSPS) is 13.0. The van der Waals surface area contributed by atoms with Crippen molar-refractivity contribution in [2.75, 3.05) is 25.0 Å². The topological polar surface area (TPSA) is 50.4 Å². The molecule has 0 atom stereocenters. The molecule has 0 saturated carbocycles. The number of carbonyl (C=O) groups is 1. The van der Waals surface area contributed by atoms with Crippen LogP contribution < -0.4 is 15.4 Å². The monoisotopic (exact) mass is 234 g/mol. The summed E-state index contributed by atoms with van der Waals surface area (Å²) in [5.74, 6) is 0.935. The maximum atomic E-state index is 11.6. The highest BCUT2D eigenvalue weighted by molar-refractivity contribution is 5.92. The van der Waals surface area contributed by atoms with Gasteiger partial charge >= 0.3 is 0 Å². The molecular formula is C13H18N2O2. The number of carbonyl (C=O) groups excluding carboxylic acids is 1. The molecule has 0 saturated heterocycles. The minimum Gasteiger partial charge on any atom is -0.493 e. The van der Waals surface area contributed by atoms with Gasteiger partial charge in [0.05, 0.1) is 13.2 Å². The van der Waals surface area contributed by atoms with E-state index in [2.05, 4.69) is 17.6 Å². The summed E-state index contributed by atoms with van der Waals surface area (Å²) < 4.78 is 5.41.